The Bertz CT molecular complexity index is 827. The predicted molar refractivity (Wildman–Crippen MR) is 112 cm³/mol. The van der Waals surface area contributed by atoms with Gasteiger partial charge in [-0.2, -0.15) is 5.10 Å². The molecule has 3 rings (SSSR count). The number of hydrogen-bond acceptors (Lipinski definition) is 3. The average molecular weight is 364 g/mol. The first-order valence-corrected chi connectivity index (χ1v) is 9.68. The summed E-state index contributed by atoms with van der Waals surface area (Å²) in [6.45, 7) is 10.1. The second-order valence-corrected chi connectivity index (χ2v) is 7.94. The number of benzene rings is 2. The Labute approximate surface area is 162 Å². The summed E-state index contributed by atoms with van der Waals surface area (Å²) in [4.78, 5) is 14.5. The minimum atomic E-state index is -0.109. The molecule has 27 heavy (non-hydrogen) atoms. The maximum atomic E-state index is 12.0. The van der Waals surface area contributed by atoms with Crippen molar-refractivity contribution in [3.8, 4) is 0 Å². The summed E-state index contributed by atoms with van der Waals surface area (Å²) in [5.74, 6) is 0.390. The smallest absolute Gasteiger partial charge is 0.244 e. The molecule has 0 saturated carbocycles. The summed E-state index contributed by atoms with van der Waals surface area (Å²) in [6.07, 6.45) is 3.19. The van der Waals surface area contributed by atoms with Crippen LogP contribution < -0.4 is 10.3 Å². The molecule has 0 bridgehead atoms. The zero-order valence-electron chi connectivity index (χ0n) is 16.7. The van der Waals surface area contributed by atoms with E-state index in [-0.39, 0.29) is 11.4 Å². The third-order valence-electron chi connectivity index (χ3n) is 5.34. The van der Waals surface area contributed by atoms with Crippen LogP contribution in [-0.4, -0.2) is 24.2 Å². The topological polar surface area (TPSA) is 44.7 Å². The minimum Gasteiger partial charge on any atom is -0.366 e. The lowest BCUT2D eigenvalue weighted by molar-refractivity contribution is -0.120. The molecule has 0 aliphatic carbocycles. The molecule has 0 aromatic heterocycles. The van der Waals surface area contributed by atoms with Crippen LogP contribution in [0.15, 0.2) is 53.6 Å². The number of carbonyl (C=O) groups excluding carboxylic acids is 1. The van der Waals surface area contributed by atoms with Crippen molar-refractivity contribution in [2.24, 2.45) is 5.10 Å². The zero-order chi connectivity index (χ0) is 19.4. The Morgan fingerprint density at radius 3 is 2.70 bits per heavy atom. The van der Waals surface area contributed by atoms with Gasteiger partial charge in [0.1, 0.15) is 0 Å². The zero-order valence-corrected chi connectivity index (χ0v) is 16.7. The number of amides is 1. The Morgan fingerprint density at radius 2 is 2.00 bits per heavy atom. The number of fused-ring (bicyclic) bond motifs is 1. The quantitative estimate of drug-likeness (QED) is 0.628. The number of nitrogens with one attached hydrogen (secondary N) is 1. The first-order valence-electron chi connectivity index (χ1n) is 9.68. The average Bonchev–Trinajstić information content (AvgIpc) is 2.62. The summed E-state index contributed by atoms with van der Waals surface area (Å²) in [5, 5.41) is 4.14. The number of carbonyl (C=O) groups is 1. The first-order chi connectivity index (χ1) is 12.9. The van der Waals surface area contributed by atoms with Gasteiger partial charge in [-0.3, -0.25) is 4.79 Å². The first kappa shape index (κ1) is 19.2. The van der Waals surface area contributed by atoms with E-state index in [0.717, 1.165) is 24.1 Å². The van der Waals surface area contributed by atoms with Crippen molar-refractivity contribution in [1.29, 1.82) is 0 Å². The third kappa shape index (κ3) is 4.38. The van der Waals surface area contributed by atoms with Crippen LogP contribution in [0.5, 0.6) is 0 Å². The van der Waals surface area contributed by atoms with E-state index < -0.39 is 0 Å². The normalized spacial score (nSPS) is 18.4. The van der Waals surface area contributed by atoms with Crippen LogP contribution in [0.1, 0.15) is 56.7 Å². The number of anilines is 1. The van der Waals surface area contributed by atoms with E-state index in [1.165, 1.54) is 11.3 Å². The predicted octanol–water partition coefficient (Wildman–Crippen LogP) is 4.49. The molecule has 1 aliphatic heterocycles. The van der Waals surface area contributed by atoms with Crippen molar-refractivity contribution in [3.05, 3.63) is 65.2 Å². The molecule has 0 unspecified atom stereocenters. The lowest BCUT2D eigenvalue weighted by Crippen LogP contribution is -2.48. The molecule has 4 nitrogen and oxygen atoms in total. The highest BCUT2D eigenvalue weighted by Gasteiger charge is 2.35. The van der Waals surface area contributed by atoms with Crippen LogP contribution in [0, 0.1) is 0 Å². The minimum absolute atomic E-state index is 0.109. The number of hydrogen-bond donors (Lipinski definition) is 1. The highest BCUT2D eigenvalue weighted by molar-refractivity contribution is 5.84. The van der Waals surface area contributed by atoms with Crippen molar-refractivity contribution in [2.45, 2.75) is 52.0 Å². The Hall–Kier alpha value is -2.62. The van der Waals surface area contributed by atoms with E-state index >= 15 is 0 Å². The van der Waals surface area contributed by atoms with Crippen LogP contribution in [0.25, 0.3) is 0 Å². The van der Waals surface area contributed by atoms with Gasteiger partial charge in [-0.1, -0.05) is 43.3 Å². The monoisotopic (exact) mass is 363 g/mol. The van der Waals surface area contributed by atoms with Gasteiger partial charge in [-0.25, -0.2) is 5.43 Å². The summed E-state index contributed by atoms with van der Waals surface area (Å²) < 4.78 is 0. The van der Waals surface area contributed by atoms with E-state index in [9.17, 15) is 4.79 Å². The van der Waals surface area contributed by atoms with Crippen molar-refractivity contribution in [3.63, 3.8) is 0 Å². The van der Waals surface area contributed by atoms with E-state index in [4.69, 9.17) is 0 Å². The highest BCUT2D eigenvalue weighted by atomic mass is 16.2. The van der Waals surface area contributed by atoms with Gasteiger partial charge in [0.2, 0.25) is 5.91 Å². The molecule has 0 saturated heterocycles. The Morgan fingerprint density at radius 1 is 1.26 bits per heavy atom. The fourth-order valence-corrected chi connectivity index (χ4v) is 4.19. The van der Waals surface area contributed by atoms with Gasteiger partial charge >= 0.3 is 0 Å². The van der Waals surface area contributed by atoms with Crippen molar-refractivity contribution in [1.82, 2.24) is 5.43 Å². The van der Waals surface area contributed by atoms with Gasteiger partial charge < -0.3 is 4.90 Å². The largest absolute Gasteiger partial charge is 0.366 e. The standard InChI is InChI=1S/C23H29N3O/c1-5-26-21-12-11-19(13-20(21)17(2)15-23(26,3)4)16-24-25-22(27)14-18-9-7-6-8-10-18/h6-13,16-17H,5,14-15H2,1-4H3,(H,25,27)/b24-16-/t17-/m1/s1. The number of hydrazone groups is 1. The summed E-state index contributed by atoms with van der Waals surface area (Å²) in [7, 11) is 0. The van der Waals surface area contributed by atoms with E-state index in [1.807, 2.05) is 30.3 Å². The van der Waals surface area contributed by atoms with Crippen molar-refractivity contribution >= 4 is 17.8 Å². The van der Waals surface area contributed by atoms with Crippen molar-refractivity contribution in [2.75, 3.05) is 11.4 Å². The van der Waals surface area contributed by atoms with E-state index in [1.54, 1.807) is 6.21 Å². The lowest BCUT2D eigenvalue weighted by Gasteiger charge is -2.47. The van der Waals surface area contributed by atoms with Gasteiger partial charge in [0.05, 0.1) is 12.6 Å². The Kier molecular flexibility index (Phi) is 5.64. The molecule has 4 heteroatoms. The van der Waals surface area contributed by atoms with Crippen LogP contribution >= 0.6 is 0 Å². The van der Waals surface area contributed by atoms with E-state index in [2.05, 4.69) is 61.3 Å². The van der Waals surface area contributed by atoms with Crippen LogP contribution in [-0.2, 0) is 11.2 Å². The van der Waals surface area contributed by atoms with E-state index in [0.29, 0.717) is 12.3 Å². The maximum absolute atomic E-state index is 12.0. The van der Waals surface area contributed by atoms with Gasteiger partial charge in [0.15, 0.2) is 0 Å². The maximum Gasteiger partial charge on any atom is 0.244 e. The molecule has 2 aromatic carbocycles. The highest BCUT2D eigenvalue weighted by Crippen LogP contribution is 2.43. The molecule has 2 aromatic rings. The molecule has 1 N–H and O–H groups in total. The van der Waals surface area contributed by atoms with Gasteiger partial charge in [-0.05, 0) is 61.9 Å². The lowest BCUT2D eigenvalue weighted by atomic mass is 9.79. The third-order valence-corrected chi connectivity index (χ3v) is 5.34. The second-order valence-electron chi connectivity index (χ2n) is 7.94. The van der Waals surface area contributed by atoms with Crippen LogP contribution in [0.2, 0.25) is 0 Å². The fourth-order valence-electron chi connectivity index (χ4n) is 4.19. The molecule has 1 heterocycles. The van der Waals surface area contributed by atoms with Crippen LogP contribution in [0.4, 0.5) is 5.69 Å². The summed E-state index contributed by atoms with van der Waals surface area (Å²) >= 11 is 0. The molecule has 1 amide bonds. The van der Waals surface area contributed by atoms with Crippen molar-refractivity contribution < 1.29 is 4.79 Å². The van der Waals surface area contributed by atoms with Crippen LogP contribution in [0.3, 0.4) is 0 Å². The van der Waals surface area contributed by atoms with Gasteiger partial charge in [0, 0.05) is 17.8 Å². The summed E-state index contributed by atoms with van der Waals surface area (Å²) in [6, 6.07) is 16.1. The van der Waals surface area contributed by atoms with Gasteiger partial charge in [-0.15, -0.1) is 0 Å². The molecule has 0 radical (unpaired) electrons. The molecule has 142 valence electrons. The molecule has 1 aliphatic rings. The number of rotatable bonds is 5. The molecule has 0 spiro atoms. The molecule has 1 atom stereocenters. The Balaban J connectivity index is 1.69. The molecular weight excluding hydrogens is 334 g/mol. The molecular formula is C23H29N3O. The van der Waals surface area contributed by atoms with Gasteiger partial charge in [0.25, 0.3) is 0 Å². The SMILES string of the molecule is CCN1c2ccc(/C=N\NC(=O)Cc3ccccc3)cc2[C@H](C)CC1(C)C. The summed E-state index contributed by atoms with van der Waals surface area (Å²) in [5.41, 5.74) is 7.45. The second kappa shape index (κ2) is 7.95. The number of nitrogens with zero attached hydrogens (tertiary/aromatic N) is 2. The fraction of sp³-hybridized carbons (Fsp3) is 0.391. The molecule has 0 fully saturated rings.